The molecule has 19 heavy (non-hydrogen) atoms. The number of hydrogen-bond donors (Lipinski definition) is 2. The largest absolute Gasteiger partial charge is 0.494 e. The molecule has 0 saturated carbocycles. The number of benzene rings is 1. The molecular weight excluding hydrogens is 236 g/mol. The lowest BCUT2D eigenvalue weighted by molar-refractivity contribution is 0.309. The molecule has 0 heterocycles. The van der Waals surface area contributed by atoms with Crippen LogP contribution in [-0.2, 0) is 0 Å². The van der Waals surface area contributed by atoms with E-state index < -0.39 is 0 Å². The van der Waals surface area contributed by atoms with Crippen LogP contribution in [0.5, 0.6) is 5.75 Å². The van der Waals surface area contributed by atoms with E-state index in [0.717, 1.165) is 38.0 Å². The van der Waals surface area contributed by atoms with E-state index in [0.29, 0.717) is 0 Å². The van der Waals surface area contributed by atoms with Crippen molar-refractivity contribution in [3.05, 3.63) is 29.8 Å². The van der Waals surface area contributed by atoms with Gasteiger partial charge in [-0.05, 0) is 37.5 Å². The van der Waals surface area contributed by atoms with E-state index in [1.165, 1.54) is 5.56 Å². The smallest absolute Gasteiger partial charge is 0.119 e. The third-order valence-electron chi connectivity index (χ3n) is 2.99. The molecule has 0 radical (unpaired) electrons. The fourth-order valence-electron chi connectivity index (χ4n) is 1.82. The van der Waals surface area contributed by atoms with Crippen molar-refractivity contribution in [3.8, 4) is 17.6 Å². The van der Waals surface area contributed by atoms with Gasteiger partial charge in [0.1, 0.15) is 5.75 Å². The average molecular weight is 260 g/mol. The van der Waals surface area contributed by atoms with E-state index >= 15 is 0 Å². The summed E-state index contributed by atoms with van der Waals surface area (Å²) < 4.78 is 5.64. The van der Waals surface area contributed by atoms with Crippen molar-refractivity contribution in [1.82, 2.24) is 5.43 Å². The number of nitrogens with two attached hydrogens (primary N) is 1. The Bertz CT molecular complexity index is 403. The van der Waals surface area contributed by atoms with Gasteiger partial charge in [-0.15, -0.1) is 11.8 Å². The molecule has 1 rings (SSSR count). The summed E-state index contributed by atoms with van der Waals surface area (Å²) in [6.45, 7) is 4.79. The quantitative estimate of drug-likeness (QED) is 0.327. The molecule has 1 unspecified atom stereocenters. The first kappa shape index (κ1) is 15.6. The van der Waals surface area contributed by atoms with E-state index in [1.54, 1.807) is 0 Å². The van der Waals surface area contributed by atoms with Crippen molar-refractivity contribution in [2.75, 3.05) is 6.61 Å². The van der Waals surface area contributed by atoms with E-state index in [9.17, 15) is 0 Å². The van der Waals surface area contributed by atoms with E-state index in [2.05, 4.69) is 36.3 Å². The monoisotopic (exact) mass is 260 g/mol. The highest BCUT2D eigenvalue weighted by Gasteiger charge is 2.08. The first-order valence-electron chi connectivity index (χ1n) is 6.90. The van der Waals surface area contributed by atoms with Gasteiger partial charge < -0.3 is 4.74 Å². The fraction of sp³-hybridized carbons (Fsp3) is 0.500. The zero-order valence-corrected chi connectivity index (χ0v) is 11.9. The summed E-state index contributed by atoms with van der Waals surface area (Å²) in [6.07, 6.45) is 3.99. The maximum atomic E-state index is 5.64. The number of nitrogens with one attached hydrogen (secondary N) is 1. The predicted octanol–water partition coefficient (Wildman–Crippen LogP) is 3.17. The average Bonchev–Trinajstić information content (AvgIpc) is 2.45. The Balaban J connectivity index is 2.53. The van der Waals surface area contributed by atoms with Crippen molar-refractivity contribution in [2.24, 2.45) is 5.84 Å². The van der Waals surface area contributed by atoms with E-state index in [1.807, 2.05) is 19.1 Å². The summed E-state index contributed by atoms with van der Waals surface area (Å²) in [5, 5.41) is 0. The van der Waals surface area contributed by atoms with Crippen molar-refractivity contribution < 1.29 is 4.74 Å². The number of unbranched alkanes of at least 4 members (excludes halogenated alkanes) is 1. The number of hydrazine groups is 1. The van der Waals surface area contributed by atoms with Crippen molar-refractivity contribution in [2.45, 2.75) is 45.6 Å². The molecule has 0 aromatic heterocycles. The summed E-state index contributed by atoms with van der Waals surface area (Å²) in [4.78, 5) is 0. The van der Waals surface area contributed by atoms with Crippen LogP contribution in [0.4, 0.5) is 0 Å². The molecule has 0 aliphatic rings. The minimum atomic E-state index is 0.144. The molecule has 0 aliphatic heterocycles. The number of ether oxygens (including phenoxy) is 1. The van der Waals surface area contributed by atoms with Crippen molar-refractivity contribution in [1.29, 1.82) is 0 Å². The minimum absolute atomic E-state index is 0.144. The molecule has 0 fully saturated rings. The molecule has 104 valence electrons. The summed E-state index contributed by atoms with van der Waals surface area (Å²) in [5.74, 6) is 12.5. The van der Waals surface area contributed by atoms with Crippen LogP contribution < -0.4 is 16.0 Å². The van der Waals surface area contributed by atoms with Gasteiger partial charge in [0.15, 0.2) is 0 Å². The third-order valence-corrected chi connectivity index (χ3v) is 2.99. The van der Waals surface area contributed by atoms with Gasteiger partial charge in [0.25, 0.3) is 0 Å². The maximum absolute atomic E-state index is 5.64. The molecule has 3 nitrogen and oxygen atoms in total. The maximum Gasteiger partial charge on any atom is 0.119 e. The Hall–Kier alpha value is -1.50. The van der Waals surface area contributed by atoms with Crippen LogP contribution in [-0.4, -0.2) is 6.61 Å². The van der Waals surface area contributed by atoms with Gasteiger partial charge in [0, 0.05) is 12.5 Å². The second-order valence-electron chi connectivity index (χ2n) is 4.46. The molecule has 1 aromatic carbocycles. The minimum Gasteiger partial charge on any atom is -0.494 e. The SMILES string of the molecule is CC#CCCC(NN)c1ccc(OCCCC)cc1. The molecule has 1 atom stereocenters. The second-order valence-corrected chi connectivity index (χ2v) is 4.46. The van der Waals surface area contributed by atoms with Crippen molar-refractivity contribution >= 4 is 0 Å². The molecule has 1 aromatic rings. The lowest BCUT2D eigenvalue weighted by atomic mass is 10.0. The standard InChI is InChI=1S/C16H24N2O/c1-3-5-7-8-16(18-17)14-9-11-15(12-10-14)19-13-6-4-2/h9-12,16,18H,4,6-8,13,17H2,1-2H3. The first-order chi connectivity index (χ1) is 9.31. The summed E-state index contributed by atoms with van der Waals surface area (Å²) in [6, 6.07) is 8.27. The lowest BCUT2D eigenvalue weighted by Gasteiger charge is -2.15. The van der Waals surface area contributed by atoms with E-state index in [4.69, 9.17) is 10.6 Å². The predicted molar refractivity (Wildman–Crippen MR) is 79.6 cm³/mol. The lowest BCUT2D eigenvalue weighted by Crippen LogP contribution is -2.27. The van der Waals surface area contributed by atoms with Crippen molar-refractivity contribution in [3.63, 3.8) is 0 Å². The normalized spacial score (nSPS) is 11.5. The highest BCUT2D eigenvalue weighted by molar-refractivity contribution is 5.29. The van der Waals surface area contributed by atoms with Crippen LogP contribution in [0, 0.1) is 11.8 Å². The molecule has 0 saturated heterocycles. The van der Waals surface area contributed by atoms with Gasteiger partial charge in [-0.1, -0.05) is 25.5 Å². The molecule has 0 spiro atoms. The summed E-state index contributed by atoms with van der Waals surface area (Å²) in [7, 11) is 0. The molecule has 3 heteroatoms. The van der Waals surface area contributed by atoms with Gasteiger partial charge in [0.05, 0.1) is 6.61 Å². The molecule has 0 aliphatic carbocycles. The van der Waals surface area contributed by atoms with Crippen LogP contribution in [0.25, 0.3) is 0 Å². The molecular formula is C16H24N2O. The van der Waals surface area contributed by atoms with Gasteiger partial charge in [0.2, 0.25) is 0 Å². The highest BCUT2D eigenvalue weighted by atomic mass is 16.5. The highest BCUT2D eigenvalue weighted by Crippen LogP contribution is 2.20. The summed E-state index contributed by atoms with van der Waals surface area (Å²) in [5.41, 5.74) is 4.01. The van der Waals surface area contributed by atoms with Crippen LogP contribution in [0.2, 0.25) is 0 Å². The van der Waals surface area contributed by atoms with Crippen LogP contribution in [0.3, 0.4) is 0 Å². The number of rotatable bonds is 8. The van der Waals surface area contributed by atoms with Gasteiger partial charge in [-0.3, -0.25) is 11.3 Å². The topological polar surface area (TPSA) is 47.3 Å². The molecule has 0 amide bonds. The zero-order valence-electron chi connectivity index (χ0n) is 11.9. The van der Waals surface area contributed by atoms with Gasteiger partial charge in [-0.2, -0.15) is 0 Å². The second kappa shape index (κ2) is 9.43. The first-order valence-corrected chi connectivity index (χ1v) is 6.90. The summed E-state index contributed by atoms with van der Waals surface area (Å²) >= 11 is 0. The Morgan fingerprint density at radius 3 is 2.63 bits per heavy atom. The van der Waals surface area contributed by atoms with Crippen LogP contribution in [0.1, 0.15) is 51.1 Å². The molecule has 3 N–H and O–H groups in total. The Kier molecular flexibility index (Phi) is 7.72. The van der Waals surface area contributed by atoms with E-state index in [-0.39, 0.29) is 6.04 Å². The van der Waals surface area contributed by atoms with Gasteiger partial charge >= 0.3 is 0 Å². The van der Waals surface area contributed by atoms with Gasteiger partial charge in [-0.25, -0.2) is 0 Å². The Morgan fingerprint density at radius 1 is 1.32 bits per heavy atom. The Labute approximate surface area is 116 Å². The number of hydrogen-bond acceptors (Lipinski definition) is 3. The third kappa shape index (κ3) is 5.78. The van der Waals surface area contributed by atoms with Crippen LogP contribution >= 0.6 is 0 Å². The Morgan fingerprint density at radius 2 is 2.05 bits per heavy atom. The molecule has 0 bridgehead atoms. The fourth-order valence-corrected chi connectivity index (χ4v) is 1.82. The zero-order chi connectivity index (χ0) is 13.9. The van der Waals surface area contributed by atoms with Crippen LogP contribution in [0.15, 0.2) is 24.3 Å².